The number of carbonyl (C=O) groups is 1. The van der Waals surface area contributed by atoms with Gasteiger partial charge in [0.1, 0.15) is 0 Å². The van der Waals surface area contributed by atoms with Crippen molar-refractivity contribution in [2.24, 2.45) is 0 Å². The van der Waals surface area contributed by atoms with Crippen molar-refractivity contribution in [2.75, 3.05) is 39.3 Å². The molecule has 2 fully saturated rings. The average molecular weight is 239 g/mol. The molecule has 2 aliphatic heterocycles. The van der Waals surface area contributed by atoms with E-state index in [2.05, 4.69) is 22.0 Å². The van der Waals surface area contributed by atoms with Gasteiger partial charge in [-0.3, -0.25) is 4.79 Å². The summed E-state index contributed by atoms with van der Waals surface area (Å²) in [6, 6.07) is 0.0886. The number of nitrogens with one attached hydrogen (secondary N) is 1. The summed E-state index contributed by atoms with van der Waals surface area (Å²) in [6.45, 7) is 8.18. The molecule has 0 aromatic carbocycles. The molecule has 2 rings (SSSR count). The smallest absolute Gasteiger partial charge is 0.239 e. The molecule has 2 saturated heterocycles. The molecule has 0 aromatic rings. The molecule has 2 aliphatic rings. The van der Waals surface area contributed by atoms with Crippen LogP contribution in [0.3, 0.4) is 0 Å². The van der Waals surface area contributed by atoms with Gasteiger partial charge in [-0.05, 0) is 25.9 Å². The zero-order valence-electron chi connectivity index (χ0n) is 11.0. The van der Waals surface area contributed by atoms with Crippen molar-refractivity contribution in [3.8, 4) is 0 Å². The van der Waals surface area contributed by atoms with E-state index in [0.717, 1.165) is 45.7 Å². The Kier molecular flexibility index (Phi) is 4.80. The zero-order chi connectivity index (χ0) is 12.1. The van der Waals surface area contributed by atoms with Gasteiger partial charge in [-0.25, -0.2) is 0 Å². The van der Waals surface area contributed by atoms with E-state index in [4.69, 9.17) is 0 Å². The second-order valence-electron chi connectivity index (χ2n) is 5.12. The van der Waals surface area contributed by atoms with Gasteiger partial charge in [0, 0.05) is 26.2 Å². The van der Waals surface area contributed by atoms with Crippen LogP contribution < -0.4 is 5.32 Å². The molecule has 0 aliphatic carbocycles. The third-order valence-corrected chi connectivity index (χ3v) is 3.99. The van der Waals surface area contributed by atoms with Crippen LogP contribution in [0.4, 0.5) is 0 Å². The van der Waals surface area contributed by atoms with E-state index in [0.29, 0.717) is 5.91 Å². The van der Waals surface area contributed by atoms with Crippen LogP contribution in [0.2, 0.25) is 0 Å². The predicted octanol–water partition coefficient (Wildman–Crippen LogP) is 0.683. The van der Waals surface area contributed by atoms with E-state index < -0.39 is 0 Å². The van der Waals surface area contributed by atoms with Gasteiger partial charge < -0.3 is 15.1 Å². The number of piperazine rings is 1. The van der Waals surface area contributed by atoms with Gasteiger partial charge in [0.05, 0.1) is 6.04 Å². The fourth-order valence-corrected chi connectivity index (χ4v) is 2.74. The largest absolute Gasteiger partial charge is 0.339 e. The van der Waals surface area contributed by atoms with E-state index in [1.807, 2.05) is 0 Å². The predicted molar refractivity (Wildman–Crippen MR) is 69.0 cm³/mol. The Bertz CT molecular complexity index is 241. The quantitative estimate of drug-likeness (QED) is 0.770. The highest BCUT2D eigenvalue weighted by Gasteiger charge is 2.27. The maximum atomic E-state index is 12.3. The standard InChI is InChI=1S/C13H25N3O/c1-2-15-8-10-16(11-9-15)13(17)12-6-4-3-5-7-14-12/h12,14H,2-11H2,1H3. The van der Waals surface area contributed by atoms with Crippen LogP contribution in [0.15, 0.2) is 0 Å². The number of carbonyl (C=O) groups excluding carboxylic acids is 1. The van der Waals surface area contributed by atoms with E-state index >= 15 is 0 Å². The number of rotatable bonds is 2. The molecule has 98 valence electrons. The number of hydrogen-bond acceptors (Lipinski definition) is 3. The first kappa shape index (κ1) is 12.8. The van der Waals surface area contributed by atoms with Crippen molar-refractivity contribution in [1.82, 2.24) is 15.1 Å². The summed E-state index contributed by atoms with van der Waals surface area (Å²) in [4.78, 5) is 16.8. The lowest BCUT2D eigenvalue weighted by Gasteiger charge is -2.35. The van der Waals surface area contributed by atoms with E-state index in [1.54, 1.807) is 0 Å². The van der Waals surface area contributed by atoms with E-state index in [-0.39, 0.29) is 6.04 Å². The lowest BCUT2D eigenvalue weighted by Crippen LogP contribution is -2.53. The lowest BCUT2D eigenvalue weighted by atomic mass is 10.1. The number of likely N-dealkylation sites (N-methyl/N-ethyl adjacent to an activating group) is 1. The van der Waals surface area contributed by atoms with Gasteiger partial charge in [0.2, 0.25) is 5.91 Å². The summed E-state index contributed by atoms with van der Waals surface area (Å²) in [7, 11) is 0. The molecule has 0 aromatic heterocycles. The van der Waals surface area contributed by atoms with Gasteiger partial charge in [-0.1, -0.05) is 19.8 Å². The Morgan fingerprint density at radius 2 is 1.94 bits per heavy atom. The molecule has 4 heteroatoms. The Morgan fingerprint density at radius 1 is 1.18 bits per heavy atom. The van der Waals surface area contributed by atoms with E-state index in [9.17, 15) is 4.79 Å². The van der Waals surface area contributed by atoms with Crippen molar-refractivity contribution >= 4 is 5.91 Å². The minimum Gasteiger partial charge on any atom is -0.339 e. The van der Waals surface area contributed by atoms with Gasteiger partial charge in [-0.15, -0.1) is 0 Å². The lowest BCUT2D eigenvalue weighted by molar-refractivity contribution is -0.135. The van der Waals surface area contributed by atoms with Crippen molar-refractivity contribution in [3.63, 3.8) is 0 Å². The molecule has 1 unspecified atom stereocenters. The molecular formula is C13H25N3O. The highest BCUT2D eigenvalue weighted by Crippen LogP contribution is 2.12. The molecule has 2 heterocycles. The van der Waals surface area contributed by atoms with Crippen LogP contribution in [0.1, 0.15) is 32.6 Å². The molecule has 1 atom stereocenters. The van der Waals surface area contributed by atoms with Gasteiger partial charge >= 0.3 is 0 Å². The maximum absolute atomic E-state index is 12.3. The molecule has 0 radical (unpaired) electrons. The third-order valence-electron chi connectivity index (χ3n) is 3.99. The Hall–Kier alpha value is -0.610. The van der Waals surface area contributed by atoms with Crippen LogP contribution in [0.25, 0.3) is 0 Å². The van der Waals surface area contributed by atoms with E-state index in [1.165, 1.54) is 19.3 Å². The average Bonchev–Trinajstić information content (AvgIpc) is 2.67. The molecule has 1 N–H and O–H groups in total. The normalized spacial score (nSPS) is 27.8. The Labute approximate surface area is 104 Å². The maximum Gasteiger partial charge on any atom is 0.239 e. The monoisotopic (exact) mass is 239 g/mol. The third kappa shape index (κ3) is 3.42. The fourth-order valence-electron chi connectivity index (χ4n) is 2.74. The van der Waals surface area contributed by atoms with Crippen LogP contribution in [-0.2, 0) is 4.79 Å². The second kappa shape index (κ2) is 6.36. The van der Waals surface area contributed by atoms with Crippen molar-refractivity contribution < 1.29 is 4.79 Å². The molecule has 0 spiro atoms. The molecule has 17 heavy (non-hydrogen) atoms. The zero-order valence-corrected chi connectivity index (χ0v) is 11.0. The molecule has 0 saturated carbocycles. The van der Waals surface area contributed by atoms with Gasteiger partial charge in [0.15, 0.2) is 0 Å². The molecular weight excluding hydrogens is 214 g/mol. The minimum atomic E-state index is 0.0886. The van der Waals surface area contributed by atoms with Gasteiger partial charge in [0.25, 0.3) is 0 Å². The van der Waals surface area contributed by atoms with Crippen molar-refractivity contribution in [3.05, 3.63) is 0 Å². The fraction of sp³-hybridized carbons (Fsp3) is 0.923. The number of amides is 1. The first-order chi connectivity index (χ1) is 8.31. The summed E-state index contributed by atoms with van der Waals surface area (Å²) >= 11 is 0. The number of hydrogen-bond donors (Lipinski definition) is 1. The highest BCUT2D eigenvalue weighted by molar-refractivity contribution is 5.82. The first-order valence-electron chi connectivity index (χ1n) is 7.06. The SMILES string of the molecule is CCN1CCN(C(=O)C2CCCCCN2)CC1. The molecule has 0 bridgehead atoms. The summed E-state index contributed by atoms with van der Waals surface area (Å²) in [6.07, 6.45) is 4.69. The molecule has 1 amide bonds. The van der Waals surface area contributed by atoms with Crippen molar-refractivity contribution in [2.45, 2.75) is 38.6 Å². The summed E-state index contributed by atoms with van der Waals surface area (Å²) in [5.74, 6) is 0.336. The Morgan fingerprint density at radius 3 is 2.65 bits per heavy atom. The van der Waals surface area contributed by atoms with Crippen LogP contribution in [0, 0.1) is 0 Å². The minimum absolute atomic E-state index is 0.0886. The topological polar surface area (TPSA) is 35.6 Å². The van der Waals surface area contributed by atoms with Crippen LogP contribution >= 0.6 is 0 Å². The summed E-state index contributed by atoms with van der Waals surface area (Å²) < 4.78 is 0. The second-order valence-corrected chi connectivity index (χ2v) is 5.12. The molecule has 4 nitrogen and oxygen atoms in total. The van der Waals surface area contributed by atoms with Crippen LogP contribution in [-0.4, -0.2) is 61.0 Å². The highest BCUT2D eigenvalue weighted by atomic mass is 16.2. The number of nitrogens with zero attached hydrogens (tertiary/aromatic N) is 2. The Balaban J connectivity index is 1.82. The first-order valence-corrected chi connectivity index (χ1v) is 7.06. The van der Waals surface area contributed by atoms with Crippen LogP contribution in [0.5, 0.6) is 0 Å². The van der Waals surface area contributed by atoms with Crippen molar-refractivity contribution in [1.29, 1.82) is 0 Å². The summed E-state index contributed by atoms with van der Waals surface area (Å²) in [5, 5.41) is 3.40. The summed E-state index contributed by atoms with van der Waals surface area (Å²) in [5.41, 5.74) is 0. The van der Waals surface area contributed by atoms with Gasteiger partial charge in [-0.2, -0.15) is 0 Å².